The summed E-state index contributed by atoms with van der Waals surface area (Å²) in [4.78, 5) is 13.4. The first-order valence-electron chi connectivity index (χ1n) is 9.66. The fourth-order valence-electron chi connectivity index (χ4n) is 3.62. The summed E-state index contributed by atoms with van der Waals surface area (Å²) in [5.41, 5.74) is 4.01. The van der Waals surface area contributed by atoms with Crippen LogP contribution in [0.15, 0.2) is 83.3 Å². The highest BCUT2D eigenvalue weighted by molar-refractivity contribution is 9.10. The number of aromatic nitrogens is 5. The lowest BCUT2D eigenvalue weighted by molar-refractivity contribution is 0.101. The zero-order chi connectivity index (χ0) is 21.2. The van der Waals surface area contributed by atoms with E-state index in [1.54, 1.807) is 0 Å². The van der Waals surface area contributed by atoms with Gasteiger partial charge in [0.1, 0.15) is 5.69 Å². The molecule has 0 fully saturated rings. The predicted octanol–water partition coefficient (Wildman–Crippen LogP) is 4.88. The average Bonchev–Trinajstić information content (AvgIpc) is 3.45. The molecule has 2 aromatic heterocycles. The van der Waals surface area contributed by atoms with Gasteiger partial charge in [-0.2, -0.15) is 0 Å². The van der Waals surface area contributed by atoms with E-state index >= 15 is 0 Å². The van der Waals surface area contributed by atoms with Crippen LogP contribution in [0, 0.1) is 0 Å². The number of nitrogens with zero attached hydrogens (tertiary/aromatic N) is 4. The third kappa shape index (κ3) is 3.85. The minimum Gasteiger partial charge on any atom is -0.332 e. The monoisotopic (exact) mass is 472 g/mol. The first kappa shape index (κ1) is 19.2. The Morgan fingerprint density at radius 3 is 2.61 bits per heavy atom. The standard InChI is InChI=1S/C23H17BrN6O/c24-17-10-11-19(18(13-17)22-26-28-29-27-22)25-23(31)21-12-16-8-4-5-9-20(16)30(21)14-15-6-2-1-3-7-15/h1-13H,14H2,(H,25,31)(H,26,27,28,29). The Bertz CT molecular complexity index is 1360. The average molecular weight is 473 g/mol. The van der Waals surface area contributed by atoms with E-state index in [1.807, 2.05) is 71.3 Å². The summed E-state index contributed by atoms with van der Waals surface area (Å²) < 4.78 is 2.89. The van der Waals surface area contributed by atoms with Gasteiger partial charge in [0.2, 0.25) is 0 Å². The van der Waals surface area contributed by atoms with Gasteiger partial charge < -0.3 is 9.88 Å². The number of aromatic amines is 1. The smallest absolute Gasteiger partial charge is 0.272 e. The number of fused-ring (bicyclic) bond motifs is 1. The first-order valence-corrected chi connectivity index (χ1v) is 10.5. The molecule has 0 radical (unpaired) electrons. The van der Waals surface area contributed by atoms with E-state index in [4.69, 9.17) is 0 Å². The van der Waals surface area contributed by atoms with E-state index < -0.39 is 0 Å². The van der Waals surface area contributed by atoms with Crippen LogP contribution in [0.1, 0.15) is 16.1 Å². The minimum atomic E-state index is -0.205. The summed E-state index contributed by atoms with van der Waals surface area (Å²) in [6.45, 7) is 0.594. The SMILES string of the molecule is O=C(Nc1ccc(Br)cc1-c1nnn[nH]1)c1cc2ccccc2n1Cc1ccccc1. The van der Waals surface area contributed by atoms with Crippen molar-refractivity contribution in [1.82, 2.24) is 25.2 Å². The molecule has 3 aromatic carbocycles. The number of H-pyrrole nitrogens is 1. The number of carbonyl (C=O) groups is 1. The number of para-hydroxylation sites is 1. The van der Waals surface area contributed by atoms with Gasteiger partial charge in [0, 0.05) is 27.5 Å². The second-order valence-corrected chi connectivity index (χ2v) is 7.97. The van der Waals surface area contributed by atoms with E-state index in [9.17, 15) is 4.79 Å². The van der Waals surface area contributed by atoms with Crippen LogP contribution in [0.5, 0.6) is 0 Å². The van der Waals surface area contributed by atoms with E-state index in [0.29, 0.717) is 29.3 Å². The molecule has 2 N–H and O–H groups in total. The highest BCUT2D eigenvalue weighted by Gasteiger charge is 2.18. The Hall–Kier alpha value is -3.78. The maximum absolute atomic E-state index is 13.4. The molecule has 0 bridgehead atoms. The number of hydrogen-bond acceptors (Lipinski definition) is 4. The lowest BCUT2D eigenvalue weighted by Gasteiger charge is -2.13. The Morgan fingerprint density at radius 2 is 1.81 bits per heavy atom. The molecule has 0 saturated heterocycles. The van der Waals surface area contributed by atoms with Gasteiger partial charge in [-0.25, -0.2) is 5.10 Å². The number of halogens is 1. The molecular formula is C23H17BrN6O. The van der Waals surface area contributed by atoms with Crippen LogP contribution >= 0.6 is 15.9 Å². The number of rotatable bonds is 5. The highest BCUT2D eigenvalue weighted by Crippen LogP contribution is 2.29. The number of benzene rings is 3. The van der Waals surface area contributed by atoms with E-state index in [2.05, 4.69) is 54.0 Å². The summed E-state index contributed by atoms with van der Waals surface area (Å²) in [7, 11) is 0. The summed E-state index contributed by atoms with van der Waals surface area (Å²) in [6.07, 6.45) is 0. The van der Waals surface area contributed by atoms with E-state index in [-0.39, 0.29) is 5.91 Å². The van der Waals surface area contributed by atoms with Crippen molar-refractivity contribution in [2.45, 2.75) is 6.54 Å². The van der Waals surface area contributed by atoms with Gasteiger partial charge in [-0.3, -0.25) is 4.79 Å². The zero-order valence-corrected chi connectivity index (χ0v) is 17.9. The second kappa shape index (κ2) is 8.16. The fraction of sp³-hybridized carbons (Fsp3) is 0.0435. The number of nitrogens with one attached hydrogen (secondary N) is 2. The quantitative estimate of drug-likeness (QED) is 0.381. The summed E-state index contributed by atoms with van der Waals surface area (Å²) in [5.74, 6) is 0.268. The fourth-order valence-corrected chi connectivity index (χ4v) is 3.98. The predicted molar refractivity (Wildman–Crippen MR) is 123 cm³/mol. The molecule has 0 unspecified atom stereocenters. The Morgan fingerprint density at radius 1 is 1.00 bits per heavy atom. The number of carbonyl (C=O) groups excluding carboxylic acids is 1. The third-order valence-corrected chi connectivity index (χ3v) is 5.55. The molecular weight excluding hydrogens is 456 g/mol. The number of tetrazole rings is 1. The van der Waals surface area contributed by atoms with Gasteiger partial charge >= 0.3 is 0 Å². The van der Waals surface area contributed by atoms with Crippen LogP contribution in [-0.4, -0.2) is 31.1 Å². The summed E-state index contributed by atoms with van der Waals surface area (Å²) in [6, 6.07) is 25.6. The van der Waals surface area contributed by atoms with Crippen molar-refractivity contribution in [3.05, 3.63) is 94.6 Å². The second-order valence-electron chi connectivity index (χ2n) is 7.05. The normalized spacial score (nSPS) is 11.0. The van der Waals surface area contributed by atoms with Gasteiger partial charge in [-0.15, -0.1) is 5.10 Å². The topological polar surface area (TPSA) is 88.5 Å². The number of anilines is 1. The molecule has 0 spiro atoms. The molecule has 31 heavy (non-hydrogen) atoms. The molecule has 7 nitrogen and oxygen atoms in total. The molecule has 5 rings (SSSR count). The molecule has 8 heteroatoms. The van der Waals surface area contributed by atoms with E-state index in [0.717, 1.165) is 20.9 Å². The Labute approximate surface area is 186 Å². The van der Waals surface area contributed by atoms with Gasteiger partial charge in [0.15, 0.2) is 5.82 Å². The minimum absolute atomic E-state index is 0.205. The maximum Gasteiger partial charge on any atom is 0.272 e. The molecule has 152 valence electrons. The molecule has 1 amide bonds. The van der Waals surface area contributed by atoms with Crippen LogP contribution in [0.4, 0.5) is 5.69 Å². The van der Waals surface area contributed by atoms with Gasteiger partial charge in [0.05, 0.1) is 5.69 Å². The molecule has 2 heterocycles. The molecule has 0 aliphatic heterocycles. The van der Waals surface area contributed by atoms with Gasteiger partial charge in [-0.05, 0) is 46.3 Å². The molecule has 0 atom stereocenters. The van der Waals surface area contributed by atoms with Crippen molar-refractivity contribution in [2.24, 2.45) is 0 Å². The van der Waals surface area contributed by atoms with E-state index in [1.165, 1.54) is 0 Å². The van der Waals surface area contributed by atoms with Crippen molar-refractivity contribution >= 4 is 38.4 Å². The molecule has 0 aliphatic rings. The third-order valence-electron chi connectivity index (χ3n) is 5.06. The zero-order valence-electron chi connectivity index (χ0n) is 16.3. The Balaban J connectivity index is 1.55. The van der Waals surface area contributed by atoms with Gasteiger partial charge in [0.25, 0.3) is 5.91 Å². The van der Waals surface area contributed by atoms with Gasteiger partial charge in [-0.1, -0.05) is 64.5 Å². The van der Waals surface area contributed by atoms with Crippen LogP contribution < -0.4 is 5.32 Å². The summed E-state index contributed by atoms with van der Waals surface area (Å²) >= 11 is 3.47. The molecule has 5 aromatic rings. The largest absolute Gasteiger partial charge is 0.332 e. The highest BCUT2D eigenvalue weighted by atomic mass is 79.9. The van der Waals surface area contributed by atoms with Crippen molar-refractivity contribution in [2.75, 3.05) is 5.32 Å². The Kier molecular flexibility index (Phi) is 5.05. The molecule has 0 aliphatic carbocycles. The van der Waals surface area contributed by atoms with Crippen molar-refractivity contribution in [3.63, 3.8) is 0 Å². The van der Waals surface area contributed by atoms with Crippen LogP contribution in [0.2, 0.25) is 0 Å². The van der Waals surface area contributed by atoms with Crippen molar-refractivity contribution in [1.29, 1.82) is 0 Å². The maximum atomic E-state index is 13.4. The summed E-state index contributed by atoms with van der Waals surface area (Å²) in [5, 5.41) is 18.1. The molecule has 0 saturated carbocycles. The lowest BCUT2D eigenvalue weighted by atomic mass is 10.1. The van der Waals surface area contributed by atoms with Crippen LogP contribution in [0.25, 0.3) is 22.3 Å². The van der Waals surface area contributed by atoms with Crippen molar-refractivity contribution < 1.29 is 4.79 Å². The first-order chi connectivity index (χ1) is 15.2. The lowest BCUT2D eigenvalue weighted by Crippen LogP contribution is -2.18. The van der Waals surface area contributed by atoms with Crippen molar-refractivity contribution in [3.8, 4) is 11.4 Å². The van der Waals surface area contributed by atoms with Crippen LogP contribution in [-0.2, 0) is 6.54 Å². The number of amides is 1. The number of hydrogen-bond donors (Lipinski definition) is 2. The van der Waals surface area contributed by atoms with Crippen LogP contribution in [0.3, 0.4) is 0 Å².